The van der Waals surface area contributed by atoms with Crippen LogP contribution < -0.4 is 5.32 Å². The van der Waals surface area contributed by atoms with Crippen LogP contribution in [0.1, 0.15) is 18.4 Å². The first-order valence-corrected chi connectivity index (χ1v) is 5.78. The van der Waals surface area contributed by atoms with Gasteiger partial charge in [-0.3, -0.25) is 0 Å². The first-order valence-electron chi connectivity index (χ1n) is 5.40. The Labute approximate surface area is 95.6 Å². The van der Waals surface area contributed by atoms with Crippen molar-refractivity contribution < 1.29 is 4.74 Å². The van der Waals surface area contributed by atoms with Crippen molar-refractivity contribution in [2.24, 2.45) is 0 Å². The lowest BCUT2D eigenvalue weighted by Gasteiger charge is -2.10. The lowest BCUT2D eigenvalue weighted by molar-refractivity contribution is 0.103. The molecule has 1 saturated heterocycles. The molecule has 15 heavy (non-hydrogen) atoms. The van der Waals surface area contributed by atoms with Gasteiger partial charge in [0.05, 0.1) is 13.2 Å². The number of hydrogen-bond acceptors (Lipinski definition) is 2. The molecular formula is C12H16ClNO. The van der Waals surface area contributed by atoms with Crippen molar-refractivity contribution in [3.8, 4) is 0 Å². The van der Waals surface area contributed by atoms with Gasteiger partial charge < -0.3 is 10.1 Å². The molecule has 0 aromatic heterocycles. The number of nitrogens with one attached hydrogen (secondary N) is 1. The number of hydrogen-bond donors (Lipinski definition) is 1. The van der Waals surface area contributed by atoms with Crippen LogP contribution in [0.25, 0.3) is 0 Å². The average molecular weight is 226 g/mol. The number of ether oxygens (including phenoxy) is 1. The third-order valence-electron chi connectivity index (χ3n) is 2.64. The third kappa shape index (κ3) is 3.49. The highest BCUT2D eigenvalue weighted by molar-refractivity contribution is 6.30. The Hall–Kier alpha value is -0.570. The normalized spacial score (nSPS) is 20.7. The maximum absolute atomic E-state index is 5.88. The molecule has 0 radical (unpaired) electrons. The van der Waals surface area contributed by atoms with E-state index < -0.39 is 0 Å². The largest absolute Gasteiger partial charge is 0.375 e. The second-order valence-corrected chi connectivity index (χ2v) is 4.37. The molecule has 1 aliphatic heterocycles. The van der Waals surface area contributed by atoms with Gasteiger partial charge in [0.2, 0.25) is 0 Å². The Morgan fingerprint density at radius 3 is 3.13 bits per heavy atom. The second-order valence-electron chi connectivity index (χ2n) is 3.94. The van der Waals surface area contributed by atoms with E-state index in [1.165, 1.54) is 12.8 Å². The van der Waals surface area contributed by atoms with E-state index in [2.05, 4.69) is 5.32 Å². The molecule has 82 valence electrons. The van der Waals surface area contributed by atoms with E-state index in [1.807, 2.05) is 24.3 Å². The van der Waals surface area contributed by atoms with Crippen molar-refractivity contribution in [2.75, 3.05) is 13.2 Å². The molecular weight excluding hydrogens is 210 g/mol. The van der Waals surface area contributed by atoms with Crippen molar-refractivity contribution >= 4 is 11.6 Å². The highest BCUT2D eigenvalue weighted by Gasteiger charge is 2.13. The molecule has 3 heteroatoms. The van der Waals surface area contributed by atoms with Gasteiger partial charge in [-0.15, -0.1) is 0 Å². The van der Waals surface area contributed by atoms with Gasteiger partial charge in [-0.2, -0.15) is 0 Å². The number of rotatable bonds is 4. The zero-order valence-corrected chi connectivity index (χ0v) is 9.46. The Balaban J connectivity index is 1.73. The number of halogens is 1. The molecule has 1 aromatic carbocycles. The van der Waals surface area contributed by atoms with E-state index in [1.54, 1.807) is 0 Å². The molecule has 2 nitrogen and oxygen atoms in total. The average Bonchev–Trinajstić information content (AvgIpc) is 2.71. The summed E-state index contributed by atoms with van der Waals surface area (Å²) in [6, 6.07) is 8.36. The van der Waals surface area contributed by atoms with E-state index in [9.17, 15) is 0 Å². The van der Waals surface area contributed by atoms with Crippen LogP contribution in [-0.2, 0) is 11.3 Å². The number of benzene rings is 1. The Morgan fingerprint density at radius 1 is 1.47 bits per heavy atom. The lowest BCUT2D eigenvalue weighted by atomic mass is 10.2. The minimum Gasteiger partial charge on any atom is -0.375 e. The predicted molar refractivity (Wildman–Crippen MR) is 62.1 cm³/mol. The van der Waals surface area contributed by atoms with Crippen LogP contribution in [-0.4, -0.2) is 19.2 Å². The van der Waals surface area contributed by atoms with Gasteiger partial charge in [0, 0.05) is 11.1 Å². The van der Waals surface area contributed by atoms with Gasteiger partial charge >= 0.3 is 0 Å². The van der Waals surface area contributed by atoms with Gasteiger partial charge in [-0.1, -0.05) is 23.7 Å². The van der Waals surface area contributed by atoms with Gasteiger partial charge in [0.25, 0.3) is 0 Å². The van der Waals surface area contributed by atoms with Crippen LogP contribution in [0.3, 0.4) is 0 Å². The molecule has 1 N–H and O–H groups in total. The summed E-state index contributed by atoms with van der Waals surface area (Å²) in [4.78, 5) is 0. The van der Waals surface area contributed by atoms with Crippen LogP contribution in [0.5, 0.6) is 0 Å². The first kappa shape index (κ1) is 10.9. The predicted octanol–water partition coefficient (Wildman–Crippen LogP) is 2.61. The fourth-order valence-electron chi connectivity index (χ4n) is 1.84. The van der Waals surface area contributed by atoms with Crippen LogP contribution >= 0.6 is 11.6 Å². The summed E-state index contributed by atoms with van der Waals surface area (Å²) >= 11 is 5.88. The van der Waals surface area contributed by atoms with Crippen molar-refractivity contribution in [3.63, 3.8) is 0 Å². The first-order chi connectivity index (χ1) is 7.34. The SMILES string of the molecule is Clc1cccc(COC[C@@H]2CCCN2)c1. The van der Waals surface area contributed by atoms with Crippen molar-refractivity contribution in [1.82, 2.24) is 5.32 Å². The molecule has 1 atom stereocenters. The van der Waals surface area contributed by atoms with Crippen LogP contribution in [0.15, 0.2) is 24.3 Å². The topological polar surface area (TPSA) is 21.3 Å². The fourth-order valence-corrected chi connectivity index (χ4v) is 2.06. The molecule has 0 saturated carbocycles. The summed E-state index contributed by atoms with van der Waals surface area (Å²) in [6.07, 6.45) is 2.50. The van der Waals surface area contributed by atoms with Crippen molar-refractivity contribution in [3.05, 3.63) is 34.9 Å². The zero-order chi connectivity index (χ0) is 10.5. The molecule has 2 rings (SSSR count). The summed E-state index contributed by atoms with van der Waals surface area (Å²) in [5, 5.41) is 4.18. The molecule has 0 bridgehead atoms. The Kier molecular flexibility index (Phi) is 4.01. The van der Waals surface area contributed by atoms with Gasteiger partial charge in [-0.25, -0.2) is 0 Å². The fraction of sp³-hybridized carbons (Fsp3) is 0.500. The Morgan fingerprint density at radius 2 is 2.40 bits per heavy atom. The summed E-state index contributed by atoms with van der Waals surface area (Å²) in [5.41, 5.74) is 1.14. The molecule has 0 unspecified atom stereocenters. The molecule has 1 aromatic rings. The van der Waals surface area contributed by atoms with E-state index in [0.717, 1.165) is 23.7 Å². The third-order valence-corrected chi connectivity index (χ3v) is 2.87. The molecule has 0 amide bonds. The van der Waals surface area contributed by atoms with Crippen LogP contribution in [0, 0.1) is 0 Å². The monoisotopic (exact) mass is 225 g/mol. The zero-order valence-electron chi connectivity index (χ0n) is 8.71. The Bertz CT molecular complexity index is 310. The molecule has 1 fully saturated rings. The highest BCUT2D eigenvalue weighted by Crippen LogP contribution is 2.12. The smallest absolute Gasteiger partial charge is 0.0718 e. The standard InChI is InChI=1S/C12H16ClNO/c13-11-4-1-3-10(7-11)8-15-9-12-5-2-6-14-12/h1,3-4,7,12,14H,2,5-6,8-9H2/t12-/m0/s1. The highest BCUT2D eigenvalue weighted by atomic mass is 35.5. The summed E-state index contributed by atoms with van der Waals surface area (Å²) in [7, 11) is 0. The van der Waals surface area contributed by atoms with E-state index >= 15 is 0 Å². The van der Waals surface area contributed by atoms with E-state index in [-0.39, 0.29) is 0 Å². The van der Waals surface area contributed by atoms with Gasteiger partial charge in [0.15, 0.2) is 0 Å². The summed E-state index contributed by atoms with van der Waals surface area (Å²) in [5.74, 6) is 0. The molecule has 1 aliphatic rings. The second kappa shape index (κ2) is 5.50. The summed E-state index contributed by atoms with van der Waals surface area (Å²) < 4.78 is 5.64. The van der Waals surface area contributed by atoms with Gasteiger partial charge in [0.1, 0.15) is 0 Å². The van der Waals surface area contributed by atoms with E-state index in [4.69, 9.17) is 16.3 Å². The lowest BCUT2D eigenvalue weighted by Crippen LogP contribution is -2.26. The minimum atomic E-state index is 0.546. The van der Waals surface area contributed by atoms with Crippen molar-refractivity contribution in [2.45, 2.75) is 25.5 Å². The minimum absolute atomic E-state index is 0.546. The maximum atomic E-state index is 5.88. The van der Waals surface area contributed by atoms with Gasteiger partial charge in [-0.05, 0) is 37.1 Å². The molecule has 1 heterocycles. The quantitative estimate of drug-likeness (QED) is 0.851. The molecule has 0 aliphatic carbocycles. The van der Waals surface area contributed by atoms with Crippen molar-refractivity contribution in [1.29, 1.82) is 0 Å². The van der Waals surface area contributed by atoms with Crippen LogP contribution in [0.4, 0.5) is 0 Å². The van der Waals surface area contributed by atoms with E-state index in [0.29, 0.717) is 12.6 Å². The summed E-state index contributed by atoms with van der Waals surface area (Å²) in [6.45, 7) is 2.58. The maximum Gasteiger partial charge on any atom is 0.0718 e. The van der Waals surface area contributed by atoms with Crippen LogP contribution in [0.2, 0.25) is 5.02 Å². The molecule has 0 spiro atoms.